The van der Waals surface area contributed by atoms with Crippen molar-refractivity contribution >= 4 is 17.7 Å². The number of imide groups is 1. The van der Waals surface area contributed by atoms with Crippen LogP contribution in [0.5, 0.6) is 0 Å². The van der Waals surface area contributed by atoms with Gasteiger partial charge in [0.2, 0.25) is 11.8 Å². The third kappa shape index (κ3) is 3.40. The lowest BCUT2D eigenvalue weighted by atomic mass is 10.1. The Kier molecular flexibility index (Phi) is 4.80. The highest BCUT2D eigenvalue weighted by atomic mass is 16.2. The summed E-state index contributed by atoms with van der Waals surface area (Å²) in [4.78, 5) is 36.1. The Bertz CT molecular complexity index is 489. The first-order valence-electron chi connectivity index (χ1n) is 6.02. The summed E-state index contributed by atoms with van der Waals surface area (Å²) in [7, 11) is 0. The van der Waals surface area contributed by atoms with Gasteiger partial charge in [-0.25, -0.2) is 0 Å². The Morgan fingerprint density at radius 3 is 2.63 bits per heavy atom. The van der Waals surface area contributed by atoms with Gasteiger partial charge in [0.05, 0.1) is 0 Å². The number of allylic oxidation sites excluding steroid dienone is 3. The summed E-state index contributed by atoms with van der Waals surface area (Å²) in [5, 5.41) is 2.18. The molecule has 1 N–H and O–H groups in total. The largest absolute Gasteiger partial charge is 0.323 e. The second-order valence-electron chi connectivity index (χ2n) is 4.36. The summed E-state index contributed by atoms with van der Waals surface area (Å²) in [6.45, 7) is 8.82. The monoisotopic (exact) mass is 262 g/mol. The van der Waals surface area contributed by atoms with E-state index in [0.717, 1.165) is 0 Å². The first-order valence-corrected chi connectivity index (χ1v) is 6.02. The number of hydrogen-bond donors (Lipinski definition) is 1. The summed E-state index contributed by atoms with van der Waals surface area (Å²) in [6.07, 6.45) is 5.24. The predicted molar refractivity (Wildman–Crippen MR) is 72.0 cm³/mol. The third-order valence-electron chi connectivity index (χ3n) is 2.83. The van der Waals surface area contributed by atoms with Crippen molar-refractivity contribution in [1.82, 2.24) is 10.2 Å². The quantitative estimate of drug-likeness (QED) is 0.770. The number of likely N-dealkylation sites (tertiary alicyclic amines) is 1. The highest BCUT2D eigenvalue weighted by Gasteiger charge is 2.35. The fourth-order valence-electron chi connectivity index (χ4n) is 1.78. The highest BCUT2D eigenvalue weighted by Crippen LogP contribution is 2.24. The minimum Gasteiger partial charge on any atom is -0.323 e. The number of nitrogens with zero attached hydrogens (tertiary/aromatic N) is 1. The van der Waals surface area contributed by atoms with Gasteiger partial charge in [0.15, 0.2) is 0 Å². The minimum absolute atomic E-state index is 0.241. The molecule has 19 heavy (non-hydrogen) atoms. The summed E-state index contributed by atoms with van der Waals surface area (Å²) in [5.74, 6) is -1.16. The molecule has 0 aromatic rings. The topological polar surface area (TPSA) is 66.5 Å². The summed E-state index contributed by atoms with van der Waals surface area (Å²) < 4.78 is 0. The first-order chi connectivity index (χ1) is 8.88. The number of amides is 3. The molecule has 1 fully saturated rings. The Labute approximate surface area is 112 Å². The molecule has 0 saturated carbocycles. The van der Waals surface area contributed by atoms with Crippen LogP contribution in [-0.2, 0) is 14.4 Å². The van der Waals surface area contributed by atoms with Gasteiger partial charge in [0.1, 0.15) is 6.04 Å². The zero-order valence-corrected chi connectivity index (χ0v) is 11.4. The summed E-state index contributed by atoms with van der Waals surface area (Å²) in [6, 6.07) is -0.704. The van der Waals surface area contributed by atoms with Gasteiger partial charge in [-0.1, -0.05) is 18.7 Å². The lowest BCUT2D eigenvalue weighted by Gasteiger charge is -2.22. The highest BCUT2D eigenvalue weighted by molar-refractivity contribution is 6.05. The van der Waals surface area contributed by atoms with Gasteiger partial charge in [0.25, 0.3) is 5.91 Å². The summed E-state index contributed by atoms with van der Waals surface area (Å²) in [5.41, 5.74) is 1.17. The Morgan fingerprint density at radius 1 is 1.47 bits per heavy atom. The molecule has 1 aliphatic heterocycles. The smallest absolute Gasteiger partial charge is 0.255 e. The van der Waals surface area contributed by atoms with Gasteiger partial charge in [-0.2, -0.15) is 0 Å². The van der Waals surface area contributed by atoms with E-state index in [1.165, 1.54) is 11.8 Å². The molecule has 1 heterocycles. The van der Waals surface area contributed by atoms with Crippen molar-refractivity contribution in [2.45, 2.75) is 26.8 Å². The Balaban J connectivity index is 2.87. The molecule has 0 aromatic carbocycles. The van der Waals surface area contributed by atoms with E-state index in [2.05, 4.69) is 11.9 Å². The molecule has 5 heteroatoms. The Morgan fingerprint density at radius 2 is 2.11 bits per heavy atom. The van der Waals surface area contributed by atoms with Gasteiger partial charge in [-0.3, -0.25) is 19.7 Å². The van der Waals surface area contributed by atoms with E-state index in [0.29, 0.717) is 17.7 Å². The zero-order chi connectivity index (χ0) is 14.6. The molecule has 102 valence electrons. The van der Waals surface area contributed by atoms with Crippen LogP contribution in [0.1, 0.15) is 20.8 Å². The molecule has 1 atom stereocenters. The van der Waals surface area contributed by atoms with Crippen LogP contribution >= 0.6 is 0 Å². The number of nitrogens with one attached hydrogen (secondary N) is 1. The van der Waals surface area contributed by atoms with Gasteiger partial charge in [-0.05, 0) is 25.5 Å². The molecular formula is C14H18N2O3. The van der Waals surface area contributed by atoms with Crippen LogP contribution in [0.15, 0.2) is 36.0 Å². The van der Waals surface area contributed by atoms with Crippen LogP contribution in [0.25, 0.3) is 0 Å². The first kappa shape index (κ1) is 14.9. The fraction of sp³-hybridized carbons (Fsp3) is 0.357. The minimum atomic E-state index is -0.704. The third-order valence-corrected chi connectivity index (χ3v) is 2.83. The maximum Gasteiger partial charge on any atom is 0.255 e. The standard InChI is InChI=1S/C14H18N2O3/c1-5-6-7-12-9(2)8-16(14(12)19)10(3)13(18)15-11(4)17/h5-7,10H,2,8H2,1,3-4H3,(H,15,17,18)/b6-5-,12-7+. The molecule has 3 amide bonds. The second-order valence-corrected chi connectivity index (χ2v) is 4.36. The van der Waals surface area contributed by atoms with E-state index < -0.39 is 17.9 Å². The van der Waals surface area contributed by atoms with Crippen LogP contribution in [0.2, 0.25) is 0 Å². The van der Waals surface area contributed by atoms with Gasteiger partial charge in [-0.15, -0.1) is 0 Å². The van der Waals surface area contributed by atoms with E-state index in [1.54, 1.807) is 19.1 Å². The van der Waals surface area contributed by atoms with Crippen LogP contribution < -0.4 is 5.32 Å². The van der Waals surface area contributed by atoms with Crippen molar-refractivity contribution in [2.75, 3.05) is 6.54 Å². The lowest BCUT2D eigenvalue weighted by molar-refractivity contribution is -0.138. The molecule has 1 rings (SSSR count). The van der Waals surface area contributed by atoms with Crippen LogP contribution in [0, 0.1) is 0 Å². The van der Waals surface area contributed by atoms with Gasteiger partial charge in [0, 0.05) is 19.0 Å². The zero-order valence-electron chi connectivity index (χ0n) is 11.4. The van der Waals surface area contributed by atoms with Crippen molar-refractivity contribution in [3.8, 4) is 0 Å². The fourth-order valence-corrected chi connectivity index (χ4v) is 1.78. The Hall–Kier alpha value is -2.17. The maximum atomic E-state index is 12.2. The van der Waals surface area contributed by atoms with E-state index in [1.807, 2.05) is 13.0 Å². The number of carbonyl (C=O) groups excluding carboxylic acids is 3. The maximum absolute atomic E-state index is 12.2. The molecule has 1 aliphatic rings. The number of carbonyl (C=O) groups is 3. The van der Waals surface area contributed by atoms with E-state index >= 15 is 0 Å². The summed E-state index contributed by atoms with van der Waals surface area (Å²) >= 11 is 0. The number of hydrogen-bond acceptors (Lipinski definition) is 3. The van der Waals surface area contributed by atoms with Crippen molar-refractivity contribution in [3.63, 3.8) is 0 Å². The van der Waals surface area contributed by atoms with E-state index in [9.17, 15) is 14.4 Å². The SMILES string of the molecule is C=C1CN(C(C)C(=O)NC(C)=O)C(=O)/C1=C/C=C\C. The van der Waals surface area contributed by atoms with Crippen LogP contribution in [0.3, 0.4) is 0 Å². The average Bonchev–Trinajstić information content (AvgIpc) is 2.61. The van der Waals surface area contributed by atoms with Crippen molar-refractivity contribution in [2.24, 2.45) is 0 Å². The van der Waals surface area contributed by atoms with Crippen LogP contribution in [-0.4, -0.2) is 35.2 Å². The average molecular weight is 262 g/mol. The molecule has 0 spiro atoms. The van der Waals surface area contributed by atoms with Crippen LogP contribution in [0.4, 0.5) is 0 Å². The predicted octanol–water partition coefficient (Wildman–Crippen LogP) is 0.939. The molecular weight excluding hydrogens is 244 g/mol. The molecule has 0 bridgehead atoms. The molecule has 1 saturated heterocycles. The van der Waals surface area contributed by atoms with Crippen molar-refractivity contribution < 1.29 is 14.4 Å². The van der Waals surface area contributed by atoms with E-state index in [4.69, 9.17) is 0 Å². The second kappa shape index (κ2) is 6.13. The normalized spacial score (nSPS) is 19.3. The molecule has 0 aliphatic carbocycles. The molecule has 0 aromatic heterocycles. The van der Waals surface area contributed by atoms with Crippen molar-refractivity contribution in [1.29, 1.82) is 0 Å². The number of rotatable bonds is 3. The van der Waals surface area contributed by atoms with E-state index in [-0.39, 0.29) is 5.91 Å². The van der Waals surface area contributed by atoms with Gasteiger partial charge >= 0.3 is 0 Å². The van der Waals surface area contributed by atoms with Crippen molar-refractivity contribution in [3.05, 3.63) is 36.0 Å². The molecule has 1 unspecified atom stereocenters. The lowest BCUT2D eigenvalue weighted by Crippen LogP contribution is -2.47. The van der Waals surface area contributed by atoms with Gasteiger partial charge < -0.3 is 4.90 Å². The molecule has 0 radical (unpaired) electrons. The molecule has 5 nitrogen and oxygen atoms in total.